The van der Waals surface area contributed by atoms with E-state index in [9.17, 15) is 9.59 Å². The number of carboxylic acid groups (broad SMARTS) is 1. The van der Waals surface area contributed by atoms with Gasteiger partial charge in [-0.15, -0.1) is 0 Å². The molecule has 0 aromatic rings. The Morgan fingerprint density at radius 1 is 1.17 bits per heavy atom. The molecule has 0 aromatic carbocycles. The van der Waals surface area contributed by atoms with E-state index in [2.05, 4.69) is 22.0 Å². The van der Waals surface area contributed by atoms with Crippen LogP contribution in [0.1, 0.15) is 45.4 Å². The summed E-state index contributed by atoms with van der Waals surface area (Å²) in [6.45, 7) is 5.87. The highest BCUT2D eigenvalue weighted by Gasteiger charge is 2.37. The minimum absolute atomic E-state index is 0.125. The summed E-state index contributed by atoms with van der Waals surface area (Å²) < 4.78 is 0. The summed E-state index contributed by atoms with van der Waals surface area (Å²) >= 11 is 0. The van der Waals surface area contributed by atoms with Crippen molar-refractivity contribution in [2.75, 3.05) is 32.7 Å². The highest BCUT2D eigenvalue weighted by atomic mass is 16.4. The molecule has 24 heavy (non-hydrogen) atoms. The summed E-state index contributed by atoms with van der Waals surface area (Å²) in [7, 11) is 0. The maximum Gasteiger partial charge on any atom is 0.317 e. The van der Waals surface area contributed by atoms with Crippen LogP contribution in [0.25, 0.3) is 0 Å². The molecule has 6 nitrogen and oxygen atoms in total. The van der Waals surface area contributed by atoms with Gasteiger partial charge in [-0.3, -0.25) is 19.4 Å². The molecule has 1 amide bonds. The van der Waals surface area contributed by atoms with Crippen LogP contribution >= 0.6 is 0 Å². The van der Waals surface area contributed by atoms with Gasteiger partial charge in [0.05, 0.1) is 13.1 Å². The topological polar surface area (TPSA) is 72.9 Å². The molecule has 0 atom stereocenters. The molecule has 2 N–H and O–H groups in total. The van der Waals surface area contributed by atoms with Gasteiger partial charge in [-0.25, -0.2) is 0 Å². The number of rotatable bonds is 8. The lowest BCUT2D eigenvalue weighted by molar-refractivity contribution is -0.140. The number of nitrogens with one attached hydrogen (secondary N) is 1. The van der Waals surface area contributed by atoms with E-state index >= 15 is 0 Å². The van der Waals surface area contributed by atoms with Crippen LogP contribution in [0.5, 0.6) is 0 Å². The van der Waals surface area contributed by atoms with E-state index in [1.54, 1.807) is 0 Å². The quantitative estimate of drug-likeness (QED) is 0.695. The SMILES string of the molecule is CC1CCN(CC(=O)NC2CC(N(CC(=O)O)CC3CC3)C2)CC1. The van der Waals surface area contributed by atoms with Crippen molar-refractivity contribution in [1.29, 1.82) is 0 Å². The average Bonchev–Trinajstić information content (AvgIpc) is 3.28. The molecule has 3 rings (SSSR count). The largest absolute Gasteiger partial charge is 0.480 e. The van der Waals surface area contributed by atoms with Crippen LogP contribution in [-0.2, 0) is 9.59 Å². The van der Waals surface area contributed by atoms with E-state index < -0.39 is 5.97 Å². The van der Waals surface area contributed by atoms with Crippen molar-refractivity contribution in [2.45, 2.75) is 57.5 Å². The van der Waals surface area contributed by atoms with Crippen LogP contribution in [0, 0.1) is 11.8 Å². The number of carbonyl (C=O) groups excluding carboxylic acids is 1. The lowest BCUT2D eigenvalue weighted by Crippen LogP contribution is -2.56. The fraction of sp³-hybridized carbons (Fsp3) is 0.889. The molecule has 0 aromatic heterocycles. The lowest BCUT2D eigenvalue weighted by atomic mass is 9.85. The van der Waals surface area contributed by atoms with Crippen molar-refractivity contribution in [3.8, 4) is 0 Å². The monoisotopic (exact) mass is 337 g/mol. The van der Waals surface area contributed by atoms with E-state index in [-0.39, 0.29) is 18.5 Å². The molecule has 136 valence electrons. The van der Waals surface area contributed by atoms with Crippen molar-refractivity contribution in [1.82, 2.24) is 15.1 Å². The molecule has 0 unspecified atom stereocenters. The van der Waals surface area contributed by atoms with Gasteiger partial charge in [0.2, 0.25) is 5.91 Å². The number of aliphatic carboxylic acids is 1. The van der Waals surface area contributed by atoms with Gasteiger partial charge in [-0.2, -0.15) is 0 Å². The Kier molecular flexibility index (Phi) is 5.76. The molecule has 6 heteroatoms. The number of carbonyl (C=O) groups is 2. The Labute approximate surface area is 144 Å². The predicted octanol–water partition coefficient (Wildman–Crippen LogP) is 1.16. The smallest absolute Gasteiger partial charge is 0.317 e. The molecule has 1 saturated heterocycles. The maximum absolute atomic E-state index is 12.2. The normalized spacial score (nSPS) is 28.6. The number of piperidine rings is 1. The van der Waals surface area contributed by atoms with Crippen molar-refractivity contribution < 1.29 is 14.7 Å². The van der Waals surface area contributed by atoms with Gasteiger partial charge in [0.25, 0.3) is 0 Å². The van der Waals surface area contributed by atoms with Gasteiger partial charge in [-0.1, -0.05) is 6.92 Å². The number of likely N-dealkylation sites (tertiary alicyclic amines) is 1. The fourth-order valence-electron chi connectivity index (χ4n) is 3.85. The molecule has 0 spiro atoms. The number of hydrogen-bond donors (Lipinski definition) is 2. The minimum atomic E-state index is -0.748. The average molecular weight is 337 g/mol. The van der Waals surface area contributed by atoms with Crippen LogP contribution in [0.2, 0.25) is 0 Å². The highest BCUT2D eigenvalue weighted by Crippen LogP contribution is 2.33. The Morgan fingerprint density at radius 2 is 1.83 bits per heavy atom. The van der Waals surface area contributed by atoms with E-state index in [0.717, 1.165) is 38.4 Å². The van der Waals surface area contributed by atoms with E-state index in [4.69, 9.17) is 5.11 Å². The standard InChI is InChI=1S/C18H31N3O3/c1-13-4-6-20(7-5-13)11-17(22)19-15-8-16(9-15)21(12-18(23)24)10-14-2-3-14/h13-16H,2-12H2,1H3,(H,19,22)(H,23,24). The fourth-order valence-corrected chi connectivity index (χ4v) is 3.85. The Morgan fingerprint density at radius 3 is 2.42 bits per heavy atom. The molecule has 3 fully saturated rings. The third-order valence-corrected chi connectivity index (χ3v) is 5.77. The van der Waals surface area contributed by atoms with E-state index in [1.807, 2.05) is 0 Å². The first-order valence-corrected chi connectivity index (χ1v) is 9.47. The van der Waals surface area contributed by atoms with Crippen molar-refractivity contribution in [3.05, 3.63) is 0 Å². The second-order valence-electron chi connectivity index (χ2n) is 8.11. The molecule has 0 bridgehead atoms. The first-order valence-electron chi connectivity index (χ1n) is 9.47. The number of hydrogen-bond acceptors (Lipinski definition) is 4. The zero-order valence-electron chi connectivity index (χ0n) is 14.7. The molecule has 1 aliphatic heterocycles. The van der Waals surface area contributed by atoms with E-state index in [1.165, 1.54) is 25.7 Å². The predicted molar refractivity (Wildman–Crippen MR) is 91.7 cm³/mol. The molecule has 0 radical (unpaired) electrons. The summed E-state index contributed by atoms with van der Waals surface area (Å²) in [5, 5.41) is 12.2. The van der Waals surface area contributed by atoms with Gasteiger partial charge in [-0.05, 0) is 63.5 Å². The van der Waals surface area contributed by atoms with Gasteiger partial charge in [0, 0.05) is 18.6 Å². The van der Waals surface area contributed by atoms with Crippen LogP contribution in [0.4, 0.5) is 0 Å². The zero-order valence-corrected chi connectivity index (χ0v) is 14.7. The molecular formula is C18H31N3O3. The third kappa shape index (κ3) is 5.18. The zero-order chi connectivity index (χ0) is 17.1. The number of carboxylic acids is 1. The Balaban J connectivity index is 1.35. The van der Waals surface area contributed by atoms with Crippen LogP contribution in [0.3, 0.4) is 0 Å². The Hall–Kier alpha value is -1.14. The van der Waals surface area contributed by atoms with Crippen molar-refractivity contribution in [3.63, 3.8) is 0 Å². The molecule has 2 saturated carbocycles. The lowest BCUT2D eigenvalue weighted by Gasteiger charge is -2.43. The first kappa shape index (κ1) is 17.7. The van der Waals surface area contributed by atoms with Crippen molar-refractivity contribution >= 4 is 11.9 Å². The molecule has 3 aliphatic rings. The summed E-state index contributed by atoms with van der Waals surface area (Å²) in [6, 6.07) is 0.546. The van der Waals surface area contributed by atoms with Gasteiger partial charge >= 0.3 is 5.97 Å². The second kappa shape index (κ2) is 7.83. The van der Waals surface area contributed by atoms with Crippen LogP contribution in [0.15, 0.2) is 0 Å². The molecule has 1 heterocycles. The number of amides is 1. The van der Waals surface area contributed by atoms with Crippen LogP contribution in [-0.4, -0.2) is 71.6 Å². The van der Waals surface area contributed by atoms with Gasteiger partial charge in [0.1, 0.15) is 0 Å². The molecular weight excluding hydrogens is 306 g/mol. The minimum Gasteiger partial charge on any atom is -0.480 e. The number of nitrogens with zero attached hydrogens (tertiary/aromatic N) is 2. The van der Waals surface area contributed by atoms with Crippen molar-refractivity contribution in [2.24, 2.45) is 11.8 Å². The second-order valence-corrected chi connectivity index (χ2v) is 8.11. The molecule has 2 aliphatic carbocycles. The van der Waals surface area contributed by atoms with Crippen LogP contribution < -0.4 is 5.32 Å². The summed E-state index contributed by atoms with van der Waals surface area (Å²) in [5.74, 6) is 0.852. The summed E-state index contributed by atoms with van der Waals surface area (Å²) in [6.07, 6.45) is 6.62. The van der Waals surface area contributed by atoms with Gasteiger partial charge < -0.3 is 10.4 Å². The first-order chi connectivity index (χ1) is 11.5. The van der Waals surface area contributed by atoms with E-state index in [0.29, 0.717) is 18.5 Å². The highest BCUT2D eigenvalue weighted by molar-refractivity contribution is 5.78. The van der Waals surface area contributed by atoms with Gasteiger partial charge in [0.15, 0.2) is 0 Å². The third-order valence-electron chi connectivity index (χ3n) is 5.77. The summed E-state index contributed by atoms with van der Waals surface area (Å²) in [4.78, 5) is 27.6. The Bertz CT molecular complexity index is 452. The summed E-state index contributed by atoms with van der Waals surface area (Å²) in [5.41, 5.74) is 0. The maximum atomic E-state index is 12.2.